The van der Waals surface area contributed by atoms with E-state index in [0.29, 0.717) is 48.2 Å². The molecule has 1 saturated heterocycles. The summed E-state index contributed by atoms with van der Waals surface area (Å²) in [4.78, 5) is 42.2. The second-order valence-corrected chi connectivity index (χ2v) is 15.5. The molecule has 0 radical (unpaired) electrons. The summed E-state index contributed by atoms with van der Waals surface area (Å²) in [5.41, 5.74) is 4.90. The van der Waals surface area contributed by atoms with Crippen molar-refractivity contribution in [3.05, 3.63) is 39.8 Å². The molecule has 2 fully saturated rings. The highest BCUT2D eigenvalue weighted by Gasteiger charge is 2.48. The van der Waals surface area contributed by atoms with Crippen LogP contribution in [0.1, 0.15) is 99.2 Å². The van der Waals surface area contributed by atoms with Crippen LogP contribution in [0, 0.1) is 25.7 Å². The molecule has 1 aromatic carbocycles. The Hall–Kier alpha value is -3.46. The van der Waals surface area contributed by atoms with Gasteiger partial charge in [0.1, 0.15) is 17.0 Å². The molecule has 1 aromatic rings. The first kappa shape index (κ1) is 36.4. The van der Waals surface area contributed by atoms with Gasteiger partial charge in [-0.1, -0.05) is 0 Å². The SMILES string of the molecule is Cc1cc(C(=O)NNC(=O)OC(C)(C)C)cc(C)c1/C=C/S(=O)(=O)N1CCC2(CC1)N=C(C1CCC(CCC(F)(F)F)CC1)NC2=O. The van der Waals surface area contributed by atoms with Crippen molar-refractivity contribution >= 4 is 39.8 Å². The lowest BCUT2D eigenvalue weighted by Crippen LogP contribution is -2.50. The van der Waals surface area contributed by atoms with E-state index in [1.165, 1.54) is 10.4 Å². The summed E-state index contributed by atoms with van der Waals surface area (Å²) in [7, 11) is -3.84. The molecule has 3 N–H and O–H groups in total. The van der Waals surface area contributed by atoms with Gasteiger partial charge in [-0.3, -0.25) is 20.0 Å². The zero-order valence-corrected chi connectivity index (χ0v) is 28.2. The molecule has 3 aliphatic rings. The normalized spacial score (nSPS) is 22.2. The minimum absolute atomic E-state index is 0.0131. The van der Waals surface area contributed by atoms with Crippen molar-refractivity contribution in [2.45, 2.75) is 103 Å². The number of aryl methyl sites for hydroxylation is 2. The molecule has 260 valence electrons. The number of sulfonamides is 1. The van der Waals surface area contributed by atoms with E-state index in [4.69, 9.17) is 9.73 Å². The van der Waals surface area contributed by atoms with Crippen LogP contribution in [0.25, 0.3) is 6.08 Å². The quantitative estimate of drug-likeness (QED) is 0.333. The predicted molar refractivity (Wildman–Crippen MR) is 171 cm³/mol. The van der Waals surface area contributed by atoms with Gasteiger partial charge in [-0.2, -0.15) is 17.5 Å². The van der Waals surface area contributed by atoms with E-state index in [-0.39, 0.29) is 55.7 Å². The Balaban J connectivity index is 1.33. The summed E-state index contributed by atoms with van der Waals surface area (Å²) < 4.78 is 70.8. The van der Waals surface area contributed by atoms with Gasteiger partial charge in [0.2, 0.25) is 10.0 Å². The van der Waals surface area contributed by atoms with E-state index in [1.807, 2.05) is 0 Å². The van der Waals surface area contributed by atoms with Crippen LogP contribution in [0.3, 0.4) is 0 Å². The molecule has 47 heavy (non-hydrogen) atoms. The fourth-order valence-electron chi connectivity index (χ4n) is 6.37. The minimum atomic E-state index is -4.15. The number of nitrogens with zero attached hydrogens (tertiary/aromatic N) is 2. The summed E-state index contributed by atoms with van der Waals surface area (Å²) in [6.07, 6.45) is -1.07. The number of rotatable bonds is 7. The predicted octanol–water partition coefficient (Wildman–Crippen LogP) is 5.29. The van der Waals surface area contributed by atoms with Gasteiger partial charge in [-0.25, -0.2) is 18.6 Å². The Morgan fingerprint density at radius 1 is 1.06 bits per heavy atom. The third-order valence-corrected chi connectivity index (χ3v) is 10.5. The summed E-state index contributed by atoms with van der Waals surface area (Å²) >= 11 is 0. The number of aliphatic imine (C=N–C) groups is 1. The molecule has 0 bridgehead atoms. The van der Waals surface area contributed by atoms with Crippen LogP contribution in [0.5, 0.6) is 0 Å². The number of ether oxygens (including phenoxy) is 1. The third-order valence-electron chi connectivity index (χ3n) is 8.92. The highest BCUT2D eigenvalue weighted by atomic mass is 32.2. The first-order valence-electron chi connectivity index (χ1n) is 15.8. The maximum Gasteiger partial charge on any atom is 0.426 e. The summed E-state index contributed by atoms with van der Waals surface area (Å²) in [5.74, 6) is -0.252. The molecule has 11 nitrogen and oxygen atoms in total. The van der Waals surface area contributed by atoms with Gasteiger partial charge >= 0.3 is 12.3 Å². The highest BCUT2D eigenvalue weighted by molar-refractivity contribution is 7.92. The number of halogens is 3. The largest absolute Gasteiger partial charge is 0.443 e. The van der Waals surface area contributed by atoms with Crippen molar-refractivity contribution in [1.29, 1.82) is 0 Å². The first-order chi connectivity index (χ1) is 21.8. The number of nitrogens with one attached hydrogen (secondary N) is 3. The molecule has 1 aliphatic carbocycles. The minimum Gasteiger partial charge on any atom is -0.443 e. The zero-order valence-electron chi connectivity index (χ0n) is 27.4. The molecule has 0 atom stereocenters. The van der Waals surface area contributed by atoms with Gasteiger partial charge in [-0.05, 0) is 120 Å². The smallest absolute Gasteiger partial charge is 0.426 e. The molecular formula is C32H44F3N5O6S. The number of alkyl halides is 3. The van der Waals surface area contributed by atoms with Crippen molar-refractivity contribution in [1.82, 2.24) is 20.5 Å². The lowest BCUT2D eigenvalue weighted by Gasteiger charge is -2.34. The molecule has 15 heteroatoms. The second-order valence-electron chi connectivity index (χ2n) is 13.7. The number of hydrazine groups is 1. The molecule has 0 unspecified atom stereocenters. The van der Waals surface area contributed by atoms with Gasteiger partial charge in [-0.15, -0.1) is 0 Å². The van der Waals surface area contributed by atoms with Crippen LogP contribution in [-0.4, -0.2) is 66.9 Å². The second kappa shape index (κ2) is 14.0. The van der Waals surface area contributed by atoms with Crippen LogP contribution in [0.4, 0.5) is 18.0 Å². The van der Waals surface area contributed by atoms with E-state index in [0.717, 1.165) is 5.41 Å². The lowest BCUT2D eigenvalue weighted by molar-refractivity contribution is -0.138. The Morgan fingerprint density at radius 3 is 2.21 bits per heavy atom. The van der Waals surface area contributed by atoms with E-state index in [1.54, 1.807) is 46.8 Å². The summed E-state index contributed by atoms with van der Waals surface area (Å²) in [6.45, 7) is 8.76. The molecular weight excluding hydrogens is 639 g/mol. The average molecular weight is 684 g/mol. The molecule has 2 heterocycles. The Bertz CT molecular complexity index is 1510. The van der Waals surface area contributed by atoms with Crippen LogP contribution in [0.2, 0.25) is 0 Å². The fraction of sp³-hybridized carbons (Fsp3) is 0.625. The maximum absolute atomic E-state index is 13.3. The van der Waals surface area contributed by atoms with Gasteiger partial charge < -0.3 is 10.1 Å². The topological polar surface area (TPSA) is 146 Å². The van der Waals surface area contributed by atoms with Gasteiger partial charge in [0.15, 0.2) is 0 Å². The first-order valence-corrected chi connectivity index (χ1v) is 17.3. The van der Waals surface area contributed by atoms with Crippen molar-refractivity contribution in [3.63, 3.8) is 0 Å². The number of amides is 3. The molecule has 3 amide bonds. The number of carbonyl (C=O) groups is 3. The Morgan fingerprint density at radius 2 is 1.66 bits per heavy atom. The maximum atomic E-state index is 13.3. The van der Waals surface area contributed by atoms with Crippen LogP contribution >= 0.6 is 0 Å². The van der Waals surface area contributed by atoms with Crippen LogP contribution in [-0.2, 0) is 19.6 Å². The molecule has 2 aliphatic heterocycles. The summed E-state index contributed by atoms with van der Waals surface area (Å²) in [5, 5.41) is 4.01. The molecule has 1 saturated carbocycles. The monoisotopic (exact) mass is 683 g/mol. The van der Waals surface area contributed by atoms with E-state index < -0.39 is 45.8 Å². The average Bonchev–Trinajstić information content (AvgIpc) is 3.28. The van der Waals surface area contributed by atoms with E-state index in [9.17, 15) is 36.0 Å². The molecule has 4 rings (SSSR count). The Labute approximate surface area is 273 Å². The van der Waals surface area contributed by atoms with Gasteiger partial charge in [0, 0.05) is 36.4 Å². The van der Waals surface area contributed by atoms with Gasteiger partial charge in [0.05, 0.1) is 0 Å². The van der Waals surface area contributed by atoms with Crippen molar-refractivity contribution in [3.8, 4) is 0 Å². The van der Waals surface area contributed by atoms with Crippen molar-refractivity contribution in [2.24, 2.45) is 16.8 Å². The van der Waals surface area contributed by atoms with Crippen LogP contribution < -0.4 is 16.2 Å². The number of benzene rings is 1. The standard InChI is InChI=1S/C32H44F3N5O6S/c1-20-18-24(27(41)38-39-29(43)46-30(3,4)5)19-21(2)25(20)11-17-47(44,45)40-15-13-31(14-16-40)28(42)36-26(37-31)23-8-6-22(7-9-23)10-12-32(33,34)35/h11,17-19,22-23H,6-10,12-16H2,1-5H3,(H,38,41)(H,39,43)(H,36,37,42)/b17-11+. The third kappa shape index (κ3) is 9.55. The number of piperidine rings is 1. The fourth-order valence-corrected chi connectivity index (χ4v) is 7.54. The van der Waals surface area contributed by atoms with E-state index in [2.05, 4.69) is 16.2 Å². The van der Waals surface area contributed by atoms with Crippen LogP contribution in [0.15, 0.2) is 22.5 Å². The van der Waals surface area contributed by atoms with E-state index >= 15 is 0 Å². The van der Waals surface area contributed by atoms with Crippen molar-refractivity contribution in [2.75, 3.05) is 13.1 Å². The number of carbonyl (C=O) groups excluding carboxylic acids is 3. The molecule has 1 spiro atoms. The Kier molecular flexibility index (Phi) is 10.8. The summed E-state index contributed by atoms with van der Waals surface area (Å²) in [6, 6.07) is 3.17. The molecule has 0 aromatic heterocycles. The van der Waals surface area contributed by atoms with Crippen molar-refractivity contribution < 1.29 is 40.7 Å². The number of hydrogen-bond acceptors (Lipinski definition) is 7. The number of amidine groups is 1. The highest BCUT2D eigenvalue weighted by Crippen LogP contribution is 2.38. The van der Waals surface area contributed by atoms with Gasteiger partial charge in [0.25, 0.3) is 11.8 Å². The number of hydrogen-bond donors (Lipinski definition) is 3. The lowest BCUT2D eigenvalue weighted by atomic mass is 9.79. The zero-order chi connectivity index (χ0) is 34.8.